The number of likely N-dealkylation sites (N-methyl/N-ethyl adjacent to an activating group) is 1. The summed E-state index contributed by atoms with van der Waals surface area (Å²) in [5.74, 6) is -1.20. The average Bonchev–Trinajstić information content (AvgIpc) is 2.47. The van der Waals surface area contributed by atoms with Crippen LogP contribution in [0.4, 0.5) is 0 Å². The van der Waals surface area contributed by atoms with Crippen molar-refractivity contribution in [2.45, 2.75) is 13.0 Å². The molecule has 1 unspecified atom stereocenters. The molecule has 1 saturated heterocycles. The summed E-state index contributed by atoms with van der Waals surface area (Å²) < 4.78 is 0. The van der Waals surface area contributed by atoms with E-state index in [0.717, 1.165) is 12.6 Å². The molecule has 1 aliphatic rings. The Morgan fingerprint density at radius 2 is 2.19 bits per heavy atom. The highest BCUT2D eigenvalue weighted by atomic mass is 16.4. The van der Waals surface area contributed by atoms with Crippen LogP contribution in [0.1, 0.15) is 23.0 Å². The molecular weight excluding hydrogens is 270 g/mol. The number of carboxylic acid groups (broad SMARTS) is 1. The van der Waals surface area contributed by atoms with E-state index in [1.807, 2.05) is 7.05 Å². The second kappa shape index (κ2) is 6.49. The summed E-state index contributed by atoms with van der Waals surface area (Å²) in [4.78, 5) is 31.3. The third kappa shape index (κ3) is 3.66. The maximum atomic E-state index is 12.6. The highest BCUT2D eigenvalue weighted by Crippen LogP contribution is 2.14. The fourth-order valence-electron chi connectivity index (χ4n) is 2.27. The number of aliphatic carboxylic acids is 1. The van der Waals surface area contributed by atoms with Crippen molar-refractivity contribution in [1.29, 1.82) is 0 Å². The molecule has 0 bridgehead atoms. The van der Waals surface area contributed by atoms with Crippen LogP contribution in [0.15, 0.2) is 24.4 Å². The Kier molecular flexibility index (Phi) is 4.70. The van der Waals surface area contributed by atoms with Gasteiger partial charge in [-0.05, 0) is 26.1 Å². The molecule has 1 amide bonds. The Morgan fingerprint density at radius 1 is 1.43 bits per heavy atom. The third-order valence-electron chi connectivity index (χ3n) is 3.69. The molecule has 2 heterocycles. The van der Waals surface area contributed by atoms with Gasteiger partial charge in [-0.3, -0.25) is 9.78 Å². The van der Waals surface area contributed by atoms with Gasteiger partial charge in [0.05, 0.1) is 0 Å². The molecule has 1 aliphatic heterocycles. The summed E-state index contributed by atoms with van der Waals surface area (Å²) in [5.41, 5.74) is 0.822. The van der Waals surface area contributed by atoms with Gasteiger partial charge in [0.15, 0.2) is 0 Å². The first-order chi connectivity index (χ1) is 9.99. The Bertz CT molecular complexity index is 571. The summed E-state index contributed by atoms with van der Waals surface area (Å²) >= 11 is 0. The Hall–Kier alpha value is -2.21. The van der Waals surface area contributed by atoms with Crippen LogP contribution >= 0.6 is 0 Å². The van der Waals surface area contributed by atoms with E-state index in [0.29, 0.717) is 30.4 Å². The number of hydrogen-bond acceptors (Lipinski definition) is 4. The number of piperazine rings is 1. The maximum absolute atomic E-state index is 12.6. The minimum absolute atomic E-state index is 0.152. The largest absolute Gasteiger partial charge is 0.478 e. The van der Waals surface area contributed by atoms with Gasteiger partial charge in [0, 0.05) is 43.5 Å². The molecular formula is C15H19N3O3. The van der Waals surface area contributed by atoms with Crippen LogP contribution in [-0.4, -0.2) is 64.5 Å². The van der Waals surface area contributed by atoms with Gasteiger partial charge in [-0.25, -0.2) is 4.79 Å². The first kappa shape index (κ1) is 15.2. The zero-order valence-electron chi connectivity index (χ0n) is 12.2. The predicted octanol–water partition coefficient (Wildman–Crippen LogP) is 0.956. The molecule has 1 N–H and O–H groups in total. The van der Waals surface area contributed by atoms with Gasteiger partial charge >= 0.3 is 5.97 Å². The molecule has 2 rings (SSSR count). The topological polar surface area (TPSA) is 73.7 Å². The lowest BCUT2D eigenvalue weighted by Gasteiger charge is -2.37. The molecule has 1 aromatic rings. The lowest BCUT2D eigenvalue weighted by Crippen LogP contribution is -2.52. The molecule has 0 aliphatic carbocycles. The van der Waals surface area contributed by atoms with Crippen molar-refractivity contribution in [1.82, 2.24) is 14.8 Å². The van der Waals surface area contributed by atoms with Crippen molar-refractivity contribution in [3.8, 4) is 0 Å². The van der Waals surface area contributed by atoms with Crippen LogP contribution in [0.2, 0.25) is 0 Å². The van der Waals surface area contributed by atoms with Crippen molar-refractivity contribution in [3.05, 3.63) is 35.7 Å². The van der Waals surface area contributed by atoms with Crippen LogP contribution in [0.3, 0.4) is 0 Å². The van der Waals surface area contributed by atoms with Gasteiger partial charge in [-0.2, -0.15) is 0 Å². The molecule has 21 heavy (non-hydrogen) atoms. The molecule has 0 aromatic carbocycles. The Balaban J connectivity index is 2.21. The zero-order valence-corrected chi connectivity index (χ0v) is 12.2. The summed E-state index contributed by atoms with van der Waals surface area (Å²) in [7, 11) is 2.04. The number of carbonyl (C=O) groups is 2. The fourth-order valence-corrected chi connectivity index (χ4v) is 2.27. The van der Waals surface area contributed by atoms with Crippen molar-refractivity contribution in [3.63, 3.8) is 0 Å². The minimum Gasteiger partial charge on any atom is -0.478 e. The molecule has 6 nitrogen and oxygen atoms in total. The van der Waals surface area contributed by atoms with E-state index >= 15 is 0 Å². The van der Waals surface area contributed by atoms with Crippen molar-refractivity contribution >= 4 is 18.0 Å². The molecule has 1 fully saturated rings. The van der Waals surface area contributed by atoms with Crippen molar-refractivity contribution < 1.29 is 14.7 Å². The van der Waals surface area contributed by atoms with E-state index in [9.17, 15) is 9.59 Å². The lowest BCUT2D eigenvalue weighted by atomic mass is 10.1. The lowest BCUT2D eigenvalue weighted by molar-refractivity contribution is -0.131. The van der Waals surface area contributed by atoms with E-state index in [4.69, 9.17) is 5.11 Å². The van der Waals surface area contributed by atoms with Crippen molar-refractivity contribution in [2.75, 3.05) is 26.7 Å². The van der Waals surface area contributed by atoms with Crippen molar-refractivity contribution in [2.24, 2.45) is 0 Å². The number of carbonyl (C=O) groups excluding carboxylic acids is 1. The number of amides is 1. The number of hydrogen-bond donors (Lipinski definition) is 1. The molecule has 0 radical (unpaired) electrons. The van der Waals surface area contributed by atoms with E-state index in [1.54, 1.807) is 23.2 Å². The smallest absolute Gasteiger partial charge is 0.328 e. The third-order valence-corrected chi connectivity index (χ3v) is 3.69. The number of carboxylic acids is 1. The fraction of sp³-hybridized carbons (Fsp3) is 0.400. The standard InChI is InChI=1S/C15H19N3O3/c1-11-10-18(9-8-17(11)2)15(21)14-12(4-3-7-16-14)5-6-13(19)20/h3-7,11H,8-10H2,1-2H3,(H,19,20)/b6-5+. The minimum atomic E-state index is -1.05. The molecule has 0 saturated carbocycles. The van der Waals surface area contributed by atoms with E-state index in [-0.39, 0.29) is 5.91 Å². The normalized spacial score (nSPS) is 19.9. The van der Waals surface area contributed by atoms with E-state index in [1.165, 1.54) is 6.08 Å². The van der Waals surface area contributed by atoms with Gasteiger partial charge in [0.2, 0.25) is 0 Å². The summed E-state index contributed by atoms with van der Waals surface area (Å²) in [5, 5.41) is 8.71. The van der Waals surface area contributed by atoms with Crippen LogP contribution in [0.25, 0.3) is 6.08 Å². The Morgan fingerprint density at radius 3 is 2.86 bits per heavy atom. The Labute approximate surface area is 123 Å². The number of rotatable bonds is 3. The number of aromatic nitrogens is 1. The zero-order chi connectivity index (χ0) is 15.4. The van der Waals surface area contributed by atoms with E-state index < -0.39 is 5.97 Å². The quantitative estimate of drug-likeness (QED) is 0.839. The predicted molar refractivity (Wildman–Crippen MR) is 78.9 cm³/mol. The molecule has 112 valence electrons. The van der Waals surface area contributed by atoms with Crippen LogP contribution in [-0.2, 0) is 4.79 Å². The average molecular weight is 289 g/mol. The summed E-state index contributed by atoms with van der Waals surface area (Å²) in [6.45, 7) is 4.19. The van der Waals surface area contributed by atoms with Gasteiger partial charge in [0.25, 0.3) is 5.91 Å². The van der Waals surface area contributed by atoms with Gasteiger partial charge in [0.1, 0.15) is 5.69 Å². The molecule has 6 heteroatoms. The molecule has 1 atom stereocenters. The highest BCUT2D eigenvalue weighted by molar-refractivity contribution is 5.97. The number of nitrogens with zero attached hydrogens (tertiary/aromatic N) is 3. The van der Waals surface area contributed by atoms with Crippen LogP contribution in [0, 0.1) is 0 Å². The first-order valence-corrected chi connectivity index (χ1v) is 6.84. The van der Waals surface area contributed by atoms with E-state index in [2.05, 4.69) is 16.8 Å². The maximum Gasteiger partial charge on any atom is 0.328 e. The number of pyridine rings is 1. The van der Waals surface area contributed by atoms with Gasteiger partial charge < -0.3 is 14.9 Å². The summed E-state index contributed by atoms with van der Waals surface area (Å²) in [6.07, 6.45) is 3.97. The SMILES string of the molecule is CC1CN(C(=O)c2ncccc2/C=C/C(=O)O)CCN1C. The first-order valence-electron chi connectivity index (χ1n) is 6.84. The van der Waals surface area contributed by atoms with Gasteiger partial charge in [-0.15, -0.1) is 0 Å². The monoisotopic (exact) mass is 289 g/mol. The highest BCUT2D eigenvalue weighted by Gasteiger charge is 2.26. The second-order valence-corrected chi connectivity index (χ2v) is 5.19. The van der Waals surface area contributed by atoms with Crippen LogP contribution < -0.4 is 0 Å². The second-order valence-electron chi connectivity index (χ2n) is 5.19. The molecule has 0 spiro atoms. The van der Waals surface area contributed by atoms with Crippen LogP contribution in [0.5, 0.6) is 0 Å². The summed E-state index contributed by atoms with van der Waals surface area (Å²) in [6, 6.07) is 3.67. The molecule has 1 aromatic heterocycles. The van der Waals surface area contributed by atoms with Gasteiger partial charge in [-0.1, -0.05) is 6.07 Å².